The van der Waals surface area contributed by atoms with Gasteiger partial charge >= 0.3 is 0 Å². The Hall–Kier alpha value is -0.220. The highest BCUT2D eigenvalue weighted by molar-refractivity contribution is 7.98. The monoisotopic (exact) mass is 258 g/mol. The maximum absolute atomic E-state index is 12.1. The van der Waals surface area contributed by atoms with E-state index < -0.39 is 0 Å². The first-order chi connectivity index (χ1) is 8.19. The Balaban J connectivity index is 2.28. The van der Waals surface area contributed by atoms with Crippen molar-refractivity contribution in [2.24, 2.45) is 11.8 Å². The molecule has 0 spiro atoms. The van der Waals surface area contributed by atoms with Crippen molar-refractivity contribution in [1.82, 2.24) is 10.2 Å². The molecule has 1 aliphatic heterocycles. The Morgan fingerprint density at radius 2 is 2.12 bits per heavy atom. The minimum absolute atomic E-state index is 0.179. The van der Waals surface area contributed by atoms with E-state index in [-0.39, 0.29) is 5.92 Å². The quantitative estimate of drug-likeness (QED) is 0.789. The van der Waals surface area contributed by atoms with Crippen molar-refractivity contribution >= 4 is 17.7 Å². The van der Waals surface area contributed by atoms with E-state index in [0.29, 0.717) is 5.91 Å². The molecule has 0 aromatic heterocycles. The van der Waals surface area contributed by atoms with Gasteiger partial charge in [0.05, 0.1) is 0 Å². The molecule has 4 heteroatoms. The van der Waals surface area contributed by atoms with Crippen LogP contribution in [-0.2, 0) is 4.79 Å². The van der Waals surface area contributed by atoms with Crippen molar-refractivity contribution in [1.29, 1.82) is 0 Å². The molecular weight excluding hydrogens is 232 g/mol. The Kier molecular flexibility index (Phi) is 6.97. The molecule has 1 aliphatic rings. The Bertz CT molecular complexity index is 227. The summed E-state index contributed by atoms with van der Waals surface area (Å²) >= 11 is 1.76. The fourth-order valence-corrected chi connectivity index (χ4v) is 3.07. The minimum atomic E-state index is 0.179. The van der Waals surface area contributed by atoms with E-state index in [2.05, 4.69) is 16.5 Å². The highest BCUT2D eigenvalue weighted by Gasteiger charge is 2.25. The van der Waals surface area contributed by atoms with Crippen LogP contribution in [0.5, 0.6) is 0 Å². The standard InChI is InChI=1S/C13H26N2OS/c1-11(10-17-3)13(16)15-8-5-12(6-9-15)4-7-14-2/h11-12,14H,4-10H2,1-3H3. The lowest BCUT2D eigenvalue weighted by Crippen LogP contribution is -2.42. The normalized spacial score (nSPS) is 19.4. The molecule has 1 unspecified atom stereocenters. The van der Waals surface area contributed by atoms with E-state index in [4.69, 9.17) is 0 Å². The number of nitrogens with zero attached hydrogens (tertiary/aromatic N) is 1. The first kappa shape index (κ1) is 14.8. The van der Waals surface area contributed by atoms with E-state index in [1.807, 2.05) is 14.0 Å². The minimum Gasteiger partial charge on any atom is -0.342 e. The molecule has 1 amide bonds. The first-order valence-electron chi connectivity index (χ1n) is 6.61. The van der Waals surface area contributed by atoms with Crippen LogP contribution in [0, 0.1) is 11.8 Å². The number of piperidine rings is 1. The molecule has 1 rings (SSSR count). The molecule has 0 radical (unpaired) electrons. The second-order valence-electron chi connectivity index (χ2n) is 5.02. The van der Waals surface area contributed by atoms with Gasteiger partial charge in [0.25, 0.3) is 0 Å². The van der Waals surface area contributed by atoms with Crippen LogP contribution in [0.3, 0.4) is 0 Å². The number of carbonyl (C=O) groups excluding carboxylic acids is 1. The third-order valence-electron chi connectivity index (χ3n) is 3.57. The number of likely N-dealkylation sites (tertiary alicyclic amines) is 1. The van der Waals surface area contributed by atoms with Gasteiger partial charge in [-0.05, 0) is 45.0 Å². The van der Waals surface area contributed by atoms with E-state index in [1.165, 1.54) is 19.3 Å². The zero-order chi connectivity index (χ0) is 12.7. The fourth-order valence-electron chi connectivity index (χ4n) is 2.42. The molecule has 1 saturated heterocycles. The molecule has 1 atom stereocenters. The second-order valence-corrected chi connectivity index (χ2v) is 5.93. The zero-order valence-corrected chi connectivity index (χ0v) is 12.2. The lowest BCUT2D eigenvalue weighted by molar-refractivity contribution is -0.135. The smallest absolute Gasteiger partial charge is 0.226 e. The van der Waals surface area contributed by atoms with Gasteiger partial charge in [0.15, 0.2) is 0 Å². The summed E-state index contributed by atoms with van der Waals surface area (Å²) in [5.41, 5.74) is 0. The summed E-state index contributed by atoms with van der Waals surface area (Å²) < 4.78 is 0. The number of amides is 1. The van der Waals surface area contributed by atoms with E-state index >= 15 is 0 Å². The van der Waals surface area contributed by atoms with Gasteiger partial charge in [-0.1, -0.05) is 6.92 Å². The van der Waals surface area contributed by atoms with Crippen LogP contribution >= 0.6 is 11.8 Å². The molecule has 1 N–H and O–H groups in total. The largest absolute Gasteiger partial charge is 0.342 e. The van der Waals surface area contributed by atoms with Crippen molar-refractivity contribution in [2.75, 3.05) is 38.7 Å². The van der Waals surface area contributed by atoms with Gasteiger partial charge in [0.2, 0.25) is 5.91 Å². The molecule has 0 aliphatic carbocycles. The van der Waals surface area contributed by atoms with Crippen LogP contribution in [0.15, 0.2) is 0 Å². The van der Waals surface area contributed by atoms with Crippen LogP contribution in [0.2, 0.25) is 0 Å². The summed E-state index contributed by atoms with van der Waals surface area (Å²) in [7, 11) is 2.00. The number of hydrogen-bond acceptors (Lipinski definition) is 3. The summed E-state index contributed by atoms with van der Waals surface area (Å²) in [6.45, 7) is 5.07. The molecule has 0 aromatic rings. The predicted octanol–water partition coefficient (Wildman–Crippen LogP) is 1.83. The predicted molar refractivity (Wildman–Crippen MR) is 75.4 cm³/mol. The summed E-state index contributed by atoms with van der Waals surface area (Å²) in [6, 6.07) is 0. The fraction of sp³-hybridized carbons (Fsp3) is 0.923. The molecule has 1 heterocycles. The molecule has 0 aromatic carbocycles. The van der Waals surface area contributed by atoms with Gasteiger partial charge in [-0.25, -0.2) is 0 Å². The highest BCUT2D eigenvalue weighted by atomic mass is 32.2. The Morgan fingerprint density at radius 1 is 1.47 bits per heavy atom. The van der Waals surface area contributed by atoms with Gasteiger partial charge in [-0.15, -0.1) is 0 Å². The van der Waals surface area contributed by atoms with Crippen LogP contribution in [0.25, 0.3) is 0 Å². The third kappa shape index (κ3) is 4.88. The van der Waals surface area contributed by atoms with Crippen molar-refractivity contribution in [2.45, 2.75) is 26.2 Å². The lowest BCUT2D eigenvalue weighted by atomic mass is 9.93. The van der Waals surface area contributed by atoms with Gasteiger partial charge in [0, 0.05) is 24.8 Å². The summed E-state index contributed by atoms with van der Waals surface area (Å²) in [4.78, 5) is 14.2. The molecule has 0 saturated carbocycles. The van der Waals surface area contributed by atoms with Crippen molar-refractivity contribution in [3.63, 3.8) is 0 Å². The third-order valence-corrected chi connectivity index (χ3v) is 4.40. The number of nitrogens with one attached hydrogen (secondary N) is 1. The van der Waals surface area contributed by atoms with Crippen LogP contribution in [0.4, 0.5) is 0 Å². The Morgan fingerprint density at radius 3 is 2.65 bits per heavy atom. The molecule has 17 heavy (non-hydrogen) atoms. The second kappa shape index (κ2) is 7.98. The first-order valence-corrected chi connectivity index (χ1v) is 8.00. The zero-order valence-electron chi connectivity index (χ0n) is 11.4. The summed E-state index contributed by atoms with van der Waals surface area (Å²) in [5, 5.41) is 3.20. The summed E-state index contributed by atoms with van der Waals surface area (Å²) in [6.07, 6.45) is 5.67. The van der Waals surface area contributed by atoms with Crippen LogP contribution in [-0.4, -0.2) is 49.5 Å². The lowest BCUT2D eigenvalue weighted by Gasteiger charge is -2.33. The molecule has 0 bridgehead atoms. The van der Waals surface area contributed by atoms with Crippen molar-refractivity contribution in [3.05, 3.63) is 0 Å². The van der Waals surface area contributed by atoms with Crippen molar-refractivity contribution in [3.8, 4) is 0 Å². The van der Waals surface area contributed by atoms with Crippen LogP contribution < -0.4 is 5.32 Å². The molecule has 100 valence electrons. The van der Waals surface area contributed by atoms with Gasteiger partial charge in [-0.2, -0.15) is 11.8 Å². The topological polar surface area (TPSA) is 32.3 Å². The highest BCUT2D eigenvalue weighted by Crippen LogP contribution is 2.21. The number of thioether (sulfide) groups is 1. The van der Waals surface area contributed by atoms with Gasteiger partial charge < -0.3 is 10.2 Å². The molecular formula is C13H26N2OS. The molecule has 3 nitrogen and oxygen atoms in total. The SMILES string of the molecule is CNCCC1CCN(C(=O)C(C)CSC)CC1. The van der Waals surface area contributed by atoms with Gasteiger partial charge in [0.1, 0.15) is 0 Å². The average molecular weight is 258 g/mol. The van der Waals surface area contributed by atoms with Crippen LogP contribution in [0.1, 0.15) is 26.2 Å². The molecule has 1 fully saturated rings. The number of hydrogen-bond donors (Lipinski definition) is 1. The maximum Gasteiger partial charge on any atom is 0.226 e. The number of rotatable bonds is 6. The van der Waals surface area contributed by atoms with Crippen molar-refractivity contribution < 1.29 is 4.79 Å². The number of carbonyl (C=O) groups is 1. The van der Waals surface area contributed by atoms with E-state index in [9.17, 15) is 4.79 Å². The van der Waals surface area contributed by atoms with E-state index in [0.717, 1.165) is 31.3 Å². The maximum atomic E-state index is 12.1. The van der Waals surface area contributed by atoms with E-state index in [1.54, 1.807) is 11.8 Å². The Labute approximate surface area is 110 Å². The van der Waals surface area contributed by atoms with Gasteiger partial charge in [-0.3, -0.25) is 4.79 Å². The average Bonchev–Trinajstić information content (AvgIpc) is 2.36. The summed E-state index contributed by atoms with van der Waals surface area (Å²) in [5.74, 6) is 2.28.